The Kier molecular flexibility index (Phi) is 10.1. The molecule has 0 aromatic carbocycles. The van der Waals surface area contributed by atoms with E-state index in [9.17, 15) is 24.3 Å². The first-order valence-electron chi connectivity index (χ1n) is 15.5. The number of aliphatic carboxylic acids is 1. The predicted octanol–water partition coefficient (Wildman–Crippen LogP) is 4.60. The number of hydrogen-bond donors (Lipinski definition) is 2. The Bertz CT molecular complexity index is 1050. The van der Waals surface area contributed by atoms with Crippen molar-refractivity contribution in [1.29, 1.82) is 0 Å². The molecule has 12 nitrogen and oxygen atoms in total. The van der Waals surface area contributed by atoms with Gasteiger partial charge in [-0.05, 0) is 94.8 Å². The first-order valence-corrected chi connectivity index (χ1v) is 15.5. The van der Waals surface area contributed by atoms with Crippen molar-refractivity contribution in [2.24, 2.45) is 0 Å². The highest BCUT2D eigenvalue weighted by Gasteiger charge is 2.55. The fraction of sp³-hybridized carbons (Fsp3) is 0.867. The summed E-state index contributed by atoms with van der Waals surface area (Å²) in [5.41, 5.74) is -4.02. The molecule has 3 unspecified atom stereocenters. The molecule has 3 amide bonds. The van der Waals surface area contributed by atoms with E-state index in [0.717, 1.165) is 0 Å². The third-order valence-electron chi connectivity index (χ3n) is 8.63. The van der Waals surface area contributed by atoms with Gasteiger partial charge in [-0.2, -0.15) is 0 Å². The standard InChI is InChI=1S/C30H52BN3O9/c1-26(2,3)40-24(38)33-17-13-14-21(33)22(35)32-20-18-30(23(36)37,34(19-20)25(39)41-27(4,5)6)15-11-12-16-31-42-28(7,8)29(9,10)43-31/h20-21H,11-19H2,1-10H3,(H,32,35)(H,36,37). The zero-order valence-corrected chi connectivity index (χ0v) is 27.7. The summed E-state index contributed by atoms with van der Waals surface area (Å²) in [5.74, 6) is -1.54. The SMILES string of the molecule is CC(C)(C)OC(=O)N1CCCC1C(=O)NC1CN(C(=O)OC(C)(C)C)C(CCCCB2OC(C)(C)C(C)(C)O2)(C(=O)O)C1. The number of rotatable bonds is 8. The van der Waals surface area contributed by atoms with E-state index < -0.39 is 65.3 Å². The first-order chi connectivity index (χ1) is 19.6. The second-order valence-electron chi connectivity index (χ2n) is 15.1. The maximum Gasteiger partial charge on any atom is 0.457 e. The largest absolute Gasteiger partial charge is 0.479 e. The fourth-order valence-corrected chi connectivity index (χ4v) is 5.87. The van der Waals surface area contributed by atoms with Crippen LogP contribution in [-0.4, -0.2) is 99.2 Å². The summed E-state index contributed by atoms with van der Waals surface area (Å²) < 4.78 is 23.3. The van der Waals surface area contributed by atoms with Crippen LogP contribution in [0.25, 0.3) is 0 Å². The number of unbranched alkanes of at least 4 members (excludes halogenated alkanes) is 1. The molecule has 0 aromatic rings. The van der Waals surface area contributed by atoms with Crippen molar-refractivity contribution >= 4 is 31.2 Å². The summed E-state index contributed by atoms with van der Waals surface area (Å²) in [5, 5.41) is 13.5. The van der Waals surface area contributed by atoms with Gasteiger partial charge in [-0.25, -0.2) is 14.4 Å². The van der Waals surface area contributed by atoms with E-state index in [1.165, 1.54) is 9.80 Å². The molecule has 0 aliphatic carbocycles. The van der Waals surface area contributed by atoms with Crippen molar-refractivity contribution in [2.45, 2.75) is 154 Å². The Morgan fingerprint density at radius 1 is 0.930 bits per heavy atom. The molecule has 13 heteroatoms. The number of carboxylic acid groups (broad SMARTS) is 1. The Morgan fingerprint density at radius 3 is 2.02 bits per heavy atom. The molecular weight excluding hydrogens is 557 g/mol. The molecule has 0 spiro atoms. The summed E-state index contributed by atoms with van der Waals surface area (Å²) in [7, 11) is -0.400. The smallest absolute Gasteiger partial charge is 0.457 e. The van der Waals surface area contributed by atoms with Gasteiger partial charge in [0.25, 0.3) is 0 Å². The van der Waals surface area contributed by atoms with Gasteiger partial charge >= 0.3 is 25.3 Å². The van der Waals surface area contributed by atoms with Gasteiger partial charge in [0.05, 0.1) is 11.2 Å². The Labute approximate surface area is 256 Å². The number of nitrogens with one attached hydrogen (secondary N) is 1. The second-order valence-corrected chi connectivity index (χ2v) is 15.1. The van der Waals surface area contributed by atoms with Crippen molar-refractivity contribution in [1.82, 2.24) is 15.1 Å². The number of nitrogens with zero attached hydrogens (tertiary/aromatic N) is 2. The number of amides is 3. The normalized spacial score (nSPS) is 26.9. The maximum atomic E-state index is 13.4. The molecule has 3 atom stereocenters. The summed E-state index contributed by atoms with van der Waals surface area (Å²) >= 11 is 0. The molecule has 0 radical (unpaired) electrons. The van der Waals surface area contributed by atoms with Gasteiger partial charge in [0.15, 0.2) is 0 Å². The van der Waals surface area contributed by atoms with Crippen LogP contribution in [0.1, 0.15) is 108 Å². The lowest BCUT2D eigenvalue weighted by molar-refractivity contribution is -0.150. The number of carbonyl (C=O) groups excluding carboxylic acids is 3. The average Bonchev–Trinajstić information content (AvgIpc) is 3.49. The van der Waals surface area contributed by atoms with Gasteiger partial charge in [-0.1, -0.05) is 12.8 Å². The molecule has 0 bridgehead atoms. The van der Waals surface area contributed by atoms with Crippen LogP contribution in [0.4, 0.5) is 9.59 Å². The van der Waals surface area contributed by atoms with Crippen molar-refractivity contribution in [3.05, 3.63) is 0 Å². The van der Waals surface area contributed by atoms with E-state index >= 15 is 0 Å². The topological polar surface area (TPSA) is 144 Å². The van der Waals surface area contributed by atoms with E-state index in [1.807, 2.05) is 27.7 Å². The Balaban J connectivity index is 1.72. The van der Waals surface area contributed by atoms with Crippen molar-refractivity contribution in [3.63, 3.8) is 0 Å². The van der Waals surface area contributed by atoms with Crippen LogP contribution < -0.4 is 5.32 Å². The summed E-state index contributed by atoms with van der Waals surface area (Å²) in [6, 6.07) is -1.37. The maximum absolute atomic E-state index is 13.4. The summed E-state index contributed by atoms with van der Waals surface area (Å²) in [6.45, 7) is 18.8. The highest BCUT2D eigenvalue weighted by atomic mass is 16.7. The number of ether oxygens (including phenoxy) is 2. The van der Waals surface area contributed by atoms with Crippen LogP contribution in [-0.2, 0) is 28.4 Å². The van der Waals surface area contributed by atoms with Gasteiger partial charge in [-0.3, -0.25) is 14.6 Å². The lowest BCUT2D eigenvalue weighted by atomic mass is 9.80. The van der Waals surface area contributed by atoms with Crippen LogP contribution in [0, 0.1) is 0 Å². The molecule has 3 fully saturated rings. The van der Waals surface area contributed by atoms with Crippen LogP contribution >= 0.6 is 0 Å². The second kappa shape index (κ2) is 12.5. The van der Waals surface area contributed by atoms with E-state index in [1.54, 1.807) is 41.5 Å². The quantitative estimate of drug-likeness (QED) is 0.298. The molecule has 3 rings (SSSR count). The molecule has 3 saturated heterocycles. The van der Waals surface area contributed by atoms with E-state index in [2.05, 4.69) is 5.32 Å². The minimum Gasteiger partial charge on any atom is -0.479 e. The average molecular weight is 610 g/mol. The minimum absolute atomic E-state index is 0.0168. The van der Waals surface area contributed by atoms with Crippen LogP contribution in [0.3, 0.4) is 0 Å². The molecule has 0 saturated carbocycles. The lowest BCUT2D eigenvalue weighted by Crippen LogP contribution is -2.54. The van der Waals surface area contributed by atoms with Gasteiger partial charge < -0.3 is 29.2 Å². The molecule has 43 heavy (non-hydrogen) atoms. The van der Waals surface area contributed by atoms with Gasteiger partial charge in [0.2, 0.25) is 5.91 Å². The van der Waals surface area contributed by atoms with Crippen molar-refractivity contribution in [3.8, 4) is 0 Å². The zero-order chi connectivity index (χ0) is 32.6. The predicted molar refractivity (Wildman–Crippen MR) is 161 cm³/mol. The van der Waals surface area contributed by atoms with Crippen LogP contribution in [0.15, 0.2) is 0 Å². The molecule has 3 aliphatic heterocycles. The number of hydrogen-bond acceptors (Lipinski definition) is 8. The number of carbonyl (C=O) groups is 4. The third kappa shape index (κ3) is 8.35. The zero-order valence-electron chi connectivity index (χ0n) is 27.7. The lowest BCUT2D eigenvalue weighted by Gasteiger charge is -2.35. The molecule has 2 N–H and O–H groups in total. The van der Waals surface area contributed by atoms with E-state index in [-0.39, 0.29) is 25.3 Å². The summed E-state index contributed by atoms with van der Waals surface area (Å²) in [6.07, 6.45) is 1.69. The van der Waals surface area contributed by atoms with E-state index in [0.29, 0.717) is 38.5 Å². The third-order valence-corrected chi connectivity index (χ3v) is 8.63. The van der Waals surface area contributed by atoms with Crippen LogP contribution in [0.2, 0.25) is 6.32 Å². The first kappa shape index (κ1) is 34.9. The van der Waals surface area contributed by atoms with Crippen LogP contribution in [0.5, 0.6) is 0 Å². The van der Waals surface area contributed by atoms with E-state index in [4.69, 9.17) is 18.8 Å². The Hall–Kier alpha value is -2.54. The molecular formula is C30H52BN3O9. The monoisotopic (exact) mass is 609 g/mol. The molecule has 3 aliphatic rings. The molecule has 0 aromatic heterocycles. The van der Waals surface area contributed by atoms with Gasteiger partial charge in [0, 0.05) is 25.6 Å². The highest BCUT2D eigenvalue weighted by Crippen LogP contribution is 2.40. The molecule has 244 valence electrons. The fourth-order valence-electron chi connectivity index (χ4n) is 5.87. The Morgan fingerprint density at radius 2 is 1.49 bits per heavy atom. The highest BCUT2D eigenvalue weighted by molar-refractivity contribution is 6.45. The number of likely N-dealkylation sites (tertiary alicyclic amines) is 2. The van der Waals surface area contributed by atoms with Crippen molar-refractivity contribution in [2.75, 3.05) is 13.1 Å². The summed E-state index contributed by atoms with van der Waals surface area (Å²) in [4.78, 5) is 55.1. The number of carboxylic acids is 1. The van der Waals surface area contributed by atoms with Gasteiger partial charge in [0.1, 0.15) is 22.8 Å². The minimum atomic E-state index is -1.57. The van der Waals surface area contributed by atoms with Crippen molar-refractivity contribution < 1.29 is 43.1 Å². The van der Waals surface area contributed by atoms with Gasteiger partial charge in [-0.15, -0.1) is 0 Å². The molecule has 3 heterocycles.